The van der Waals surface area contributed by atoms with Gasteiger partial charge < -0.3 is 9.84 Å². The molecule has 1 aromatic heterocycles. The number of aromatic hydroxyl groups is 1. The normalized spacial score (nSPS) is 10.7. The number of benzene rings is 2. The molecule has 100 valence electrons. The van der Waals surface area contributed by atoms with E-state index < -0.39 is 0 Å². The Labute approximate surface area is 121 Å². The minimum absolute atomic E-state index is 0.242. The fourth-order valence-corrected chi connectivity index (χ4v) is 2.16. The average Bonchev–Trinajstić information content (AvgIpc) is 2.46. The summed E-state index contributed by atoms with van der Waals surface area (Å²) in [4.78, 5) is 3.94. The molecule has 0 aliphatic rings. The number of rotatable bonds is 3. The quantitative estimate of drug-likeness (QED) is 0.785. The monoisotopic (exact) mass is 285 g/mol. The highest BCUT2D eigenvalue weighted by Crippen LogP contribution is 2.25. The maximum Gasteiger partial charge on any atom is 0.120 e. The Morgan fingerprint density at radius 3 is 2.75 bits per heavy atom. The summed E-state index contributed by atoms with van der Waals surface area (Å²) in [5.41, 5.74) is 0.887. The van der Waals surface area contributed by atoms with E-state index in [4.69, 9.17) is 16.3 Å². The highest BCUT2D eigenvalue weighted by molar-refractivity contribution is 6.31. The summed E-state index contributed by atoms with van der Waals surface area (Å²) in [7, 11) is 0. The lowest BCUT2D eigenvalue weighted by atomic mass is 10.1. The number of phenols is 1. The first kappa shape index (κ1) is 12.8. The maximum absolute atomic E-state index is 9.50. The lowest BCUT2D eigenvalue weighted by Gasteiger charge is -2.08. The SMILES string of the molecule is Oc1ccc2ccc(OCc3ccncc3Cl)cc2c1. The summed E-state index contributed by atoms with van der Waals surface area (Å²) >= 11 is 6.03. The highest BCUT2D eigenvalue weighted by Gasteiger charge is 2.02. The molecule has 1 N–H and O–H groups in total. The van der Waals surface area contributed by atoms with Crippen molar-refractivity contribution in [3.8, 4) is 11.5 Å². The van der Waals surface area contributed by atoms with E-state index in [2.05, 4.69) is 4.98 Å². The van der Waals surface area contributed by atoms with Gasteiger partial charge in [0.2, 0.25) is 0 Å². The number of hydrogen-bond acceptors (Lipinski definition) is 3. The molecule has 0 aliphatic carbocycles. The molecule has 3 aromatic rings. The van der Waals surface area contributed by atoms with Crippen LogP contribution in [0.25, 0.3) is 10.8 Å². The predicted molar refractivity (Wildman–Crippen MR) is 79.2 cm³/mol. The standard InChI is InChI=1S/C16H12ClNO2/c17-16-9-18-6-5-12(16)10-20-15-4-2-11-1-3-14(19)7-13(11)8-15/h1-9,19H,10H2. The van der Waals surface area contributed by atoms with Gasteiger partial charge in [0.05, 0.1) is 5.02 Å². The molecule has 20 heavy (non-hydrogen) atoms. The third kappa shape index (κ3) is 2.68. The molecule has 0 bridgehead atoms. The summed E-state index contributed by atoms with van der Waals surface area (Å²) < 4.78 is 5.73. The zero-order valence-corrected chi connectivity index (χ0v) is 11.3. The van der Waals surface area contributed by atoms with Crippen molar-refractivity contribution in [2.75, 3.05) is 0 Å². The van der Waals surface area contributed by atoms with Gasteiger partial charge in [-0.15, -0.1) is 0 Å². The fraction of sp³-hybridized carbons (Fsp3) is 0.0625. The van der Waals surface area contributed by atoms with Crippen molar-refractivity contribution in [3.63, 3.8) is 0 Å². The van der Waals surface area contributed by atoms with E-state index in [1.54, 1.807) is 24.5 Å². The summed E-state index contributed by atoms with van der Waals surface area (Å²) in [5, 5.41) is 12.1. The van der Waals surface area contributed by atoms with E-state index >= 15 is 0 Å². The van der Waals surface area contributed by atoms with Crippen LogP contribution in [-0.4, -0.2) is 10.1 Å². The van der Waals surface area contributed by atoms with Gasteiger partial charge in [-0.1, -0.05) is 23.7 Å². The minimum atomic E-state index is 0.242. The van der Waals surface area contributed by atoms with E-state index in [0.29, 0.717) is 11.6 Å². The molecule has 3 rings (SSSR count). The Hall–Kier alpha value is -2.26. The third-order valence-electron chi connectivity index (χ3n) is 3.05. The first-order valence-electron chi connectivity index (χ1n) is 6.16. The van der Waals surface area contributed by atoms with Gasteiger partial charge in [-0.3, -0.25) is 4.98 Å². The Morgan fingerprint density at radius 1 is 1.05 bits per heavy atom. The largest absolute Gasteiger partial charge is 0.508 e. The van der Waals surface area contributed by atoms with Gasteiger partial charge in [0.15, 0.2) is 0 Å². The van der Waals surface area contributed by atoms with Gasteiger partial charge in [-0.2, -0.15) is 0 Å². The van der Waals surface area contributed by atoms with Crippen LogP contribution in [0.4, 0.5) is 0 Å². The summed E-state index contributed by atoms with van der Waals surface area (Å²) in [6.07, 6.45) is 3.28. The highest BCUT2D eigenvalue weighted by atomic mass is 35.5. The molecule has 0 unspecified atom stereocenters. The van der Waals surface area contributed by atoms with Crippen LogP contribution in [0.2, 0.25) is 5.02 Å². The van der Waals surface area contributed by atoms with Crippen LogP contribution in [0.5, 0.6) is 11.5 Å². The van der Waals surface area contributed by atoms with Crippen LogP contribution in [0.15, 0.2) is 54.9 Å². The molecule has 1 heterocycles. The summed E-state index contributed by atoms with van der Waals surface area (Å²) in [6.45, 7) is 0.381. The lowest BCUT2D eigenvalue weighted by molar-refractivity contribution is 0.306. The zero-order chi connectivity index (χ0) is 13.9. The van der Waals surface area contributed by atoms with E-state index in [1.165, 1.54) is 0 Å². The summed E-state index contributed by atoms with van der Waals surface area (Å²) in [6, 6.07) is 12.8. The topological polar surface area (TPSA) is 42.4 Å². The Bertz CT molecular complexity index is 758. The van der Waals surface area contributed by atoms with Crippen molar-refractivity contribution in [1.29, 1.82) is 0 Å². The second kappa shape index (κ2) is 5.39. The van der Waals surface area contributed by atoms with Crippen molar-refractivity contribution in [2.24, 2.45) is 0 Å². The van der Waals surface area contributed by atoms with Gasteiger partial charge in [0, 0.05) is 18.0 Å². The number of phenolic OH excluding ortho intramolecular Hbond substituents is 1. The van der Waals surface area contributed by atoms with Crippen LogP contribution in [-0.2, 0) is 6.61 Å². The molecule has 0 saturated carbocycles. The number of ether oxygens (including phenoxy) is 1. The smallest absolute Gasteiger partial charge is 0.120 e. The van der Waals surface area contributed by atoms with E-state index in [1.807, 2.05) is 30.3 Å². The third-order valence-corrected chi connectivity index (χ3v) is 3.39. The Balaban J connectivity index is 1.83. The van der Waals surface area contributed by atoms with Crippen molar-refractivity contribution in [2.45, 2.75) is 6.61 Å². The van der Waals surface area contributed by atoms with E-state index in [0.717, 1.165) is 22.1 Å². The molecule has 4 heteroatoms. The van der Waals surface area contributed by atoms with Crippen molar-refractivity contribution < 1.29 is 9.84 Å². The molecule has 2 aromatic carbocycles. The average molecular weight is 286 g/mol. The lowest BCUT2D eigenvalue weighted by Crippen LogP contribution is -1.96. The number of fused-ring (bicyclic) bond motifs is 1. The predicted octanol–water partition coefficient (Wildman–Crippen LogP) is 4.17. The number of aromatic nitrogens is 1. The van der Waals surface area contributed by atoms with Crippen LogP contribution in [0.3, 0.4) is 0 Å². The maximum atomic E-state index is 9.50. The molecule has 0 aliphatic heterocycles. The molecule has 0 fully saturated rings. The Kier molecular flexibility index (Phi) is 3.44. The molecule has 0 spiro atoms. The van der Waals surface area contributed by atoms with E-state index in [9.17, 15) is 5.11 Å². The van der Waals surface area contributed by atoms with Gasteiger partial charge in [-0.25, -0.2) is 0 Å². The number of hydrogen-bond donors (Lipinski definition) is 1. The molecular weight excluding hydrogens is 274 g/mol. The van der Waals surface area contributed by atoms with Crippen molar-refractivity contribution in [3.05, 3.63) is 65.4 Å². The molecular formula is C16H12ClNO2. The van der Waals surface area contributed by atoms with Crippen molar-refractivity contribution in [1.82, 2.24) is 4.98 Å². The first-order valence-corrected chi connectivity index (χ1v) is 6.54. The molecule has 3 nitrogen and oxygen atoms in total. The summed E-state index contributed by atoms with van der Waals surface area (Å²) in [5.74, 6) is 0.975. The van der Waals surface area contributed by atoms with Crippen LogP contribution in [0, 0.1) is 0 Å². The number of pyridine rings is 1. The van der Waals surface area contributed by atoms with Crippen molar-refractivity contribution >= 4 is 22.4 Å². The second-order valence-corrected chi connectivity index (χ2v) is 4.86. The van der Waals surface area contributed by atoms with Gasteiger partial charge in [0.1, 0.15) is 18.1 Å². The molecule has 0 saturated heterocycles. The minimum Gasteiger partial charge on any atom is -0.508 e. The van der Waals surface area contributed by atoms with Gasteiger partial charge in [-0.05, 0) is 41.1 Å². The zero-order valence-electron chi connectivity index (χ0n) is 10.6. The number of nitrogens with zero attached hydrogens (tertiary/aromatic N) is 1. The fourth-order valence-electron chi connectivity index (χ4n) is 1.98. The number of halogens is 1. The Morgan fingerprint density at radius 2 is 1.90 bits per heavy atom. The molecule has 0 radical (unpaired) electrons. The first-order chi connectivity index (χ1) is 9.72. The molecule has 0 amide bonds. The van der Waals surface area contributed by atoms with Gasteiger partial charge >= 0.3 is 0 Å². The van der Waals surface area contributed by atoms with E-state index in [-0.39, 0.29) is 5.75 Å². The van der Waals surface area contributed by atoms with Gasteiger partial charge in [0.25, 0.3) is 0 Å². The molecule has 0 atom stereocenters. The van der Waals surface area contributed by atoms with Crippen LogP contribution < -0.4 is 4.74 Å². The van der Waals surface area contributed by atoms with Crippen LogP contribution >= 0.6 is 11.6 Å². The second-order valence-electron chi connectivity index (χ2n) is 4.45. The van der Waals surface area contributed by atoms with Crippen LogP contribution in [0.1, 0.15) is 5.56 Å².